The van der Waals surface area contributed by atoms with Gasteiger partial charge in [-0.05, 0) is 32.9 Å². The van der Waals surface area contributed by atoms with E-state index in [9.17, 15) is 9.59 Å². The fourth-order valence-electron chi connectivity index (χ4n) is 1.69. The maximum Gasteiger partial charge on any atom is 0.363 e. The summed E-state index contributed by atoms with van der Waals surface area (Å²) in [4.78, 5) is 23.8. The van der Waals surface area contributed by atoms with Gasteiger partial charge in [-0.25, -0.2) is 9.59 Å². The summed E-state index contributed by atoms with van der Waals surface area (Å²) < 4.78 is 11.3. The molecule has 1 aromatic rings. The molecule has 0 spiro atoms. The Morgan fingerprint density at radius 1 is 1.30 bits per heavy atom. The van der Waals surface area contributed by atoms with Gasteiger partial charge in [0.2, 0.25) is 0 Å². The van der Waals surface area contributed by atoms with Crippen molar-refractivity contribution in [3.63, 3.8) is 0 Å². The highest BCUT2D eigenvalue weighted by molar-refractivity contribution is 6.11. The molecule has 0 unspecified atom stereocenters. The van der Waals surface area contributed by atoms with Gasteiger partial charge in [-0.2, -0.15) is 0 Å². The standard InChI is InChI=1S/C14H18N2O4/c1-4-19-13(17)11-7-6-10(3)16(11)12(8-9-15)14(18)20-5-2/h6-7,9H,4-5,15H2,1-3H3. The first-order valence-electron chi connectivity index (χ1n) is 6.26. The van der Waals surface area contributed by atoms with Crippen molar-refractivity contribution in [1.82, 2.24) is 4.57 Å². The van der Waals surface area contributed by atoms with Crippen molar-refractivity contribution in [3.05, 3.63) is 35.5 Å². The van der Waals surface area contributed by atoms with E-state index < -0.39 is 11.9 Å². The third kappa shape index (κ3) is 3.30. The topological polar surface area (TPSA) is 83.5 Å². The van der Waals surface area contributed by atoms with Crippen LogP contribution in [0.25, 0.3) is 5.70 Å². The quantitative estimate of drug-likeness (QED) is 0.500. The van der Waals surface area contributed by atoms with Crippen molar-refractivity contribution in [2.75, 3.05) is 13.2 Å². The molecule has 0 aliphatic heterocycles. The van der Waals surface area contributed by atoms with Crippen molar-refractivity contribution in [2.24, 2.45) is 5.73 Å². The number of aryl methyl sites for hydroxylation is 1. The molecule has 108 valence electrons. The van der Waals surface area contributed by atoms with Gasteiger partial charge in [0.25, 0.3) is 0 Å². The van der Waals surface area contributed by atoms with Crippen molar-refractivity contribution in [2.45, 2.75) is 20.8 Å². The molecule has 2 N–H and O–H groups in total. The molecule has 6 nitrogen and oxygen atoms in total. The van der Waals surface area contributed by atoms with Crippen LogP contribution in [0.5, 0.6) is 0 Å². The van der Waals surface area contributed by atoms with E-state index >= 15 is 0 Å². The summed E-state index contributed by atoms with van der Waals surface area (Å²) in [5, 5.41) is 0. The Bertz CT molecular complexity index is 566. The van der Waals surface area contributed by atoms with Gasteiger partial charge in [-0.1, -0.05) is 5.73 Å². The van der Waals surface area contributed by atoms with Crippen molar-refractivity contribution >= 4 is 17.6 Å². The number of hydrogen-bond acceptors (Lipinski definition) is 5. The third-order valence-corrected chi connectivity index (χ3v) is 2.47. The van der Waals surface area contributed by atoms with Gasteiger partial charge < -0.3 is 15.2 Å². The molecule has 0 saturated carbocycles. The van der Waals surface area contributed by atoms with E-state index in [1.807, 2.05) is 0 Å². The van der Waals surface area contributed by atoms with Gasteiger partial charge in [-0.3, -0.25) is 4.57 Å². The van der Waals surface area contributed by atoms with Gasteiger partial charge in [0.1, 0.15) is 5.69 Å². The van der Waals surface area contributed by atoms with E-state index in [4.69, 9.17) is 15.2 Å². The van der Waals surface area contributed by atoms with E-state index in [-0.39, 0.29) is 24.6 Å². The van der Waals surface area contributed by atoms with Crippen molar-refractivity contribution in [1.29, 1.82) is 0 Å². The number of esters is 2. The first kappa shape index (κ1) is 15.6. The molecular weight excluding hydrogens is 260 g/mol. The summed E-state index contributed by atoms with van der Waals surface area (Å²) >= 11 is 0. The smallest absolute Gasteiger partial charge is 0.363 e. The lowest BCUT2D eigenvalue weighted by Gasteiger charge is -2.12. The Morgan fingerprint density at radius 3 is 2.50 bits per heavy atom. The Labute approximate surface area is 117 Å². The van der Waals surface area contributed by atoms with Crippen LogP contribution in [0.3, 0.4) is 0 Å². The van der Waals surface area contributed by atoms with Gasteiger partial charge in [-0.15, -0.1) is 0 Å². The number of carbonyl (C=O) groups is 2. The summed E-state index contributed by atoms with van der Waals surface area (Å²) in [6, 6.07) is 3.27. The minimum atomic E-state index is -0.612. The Kier molecular flexibility index (Phi) is 5.62. The summed E-state index contributed by atoms with van der Waals surface area (Å²) in [5.74, 6) is -1.14. The van der Waals surface area contributed by atoms with E-state index in [0.717, 1.165) is 6.20 Å². The molecule has 1 rings (SSSR count). The van der Waals surface area contributed by atoms with Crippen LogP contribution >= 0.6 is 0 Å². The van der Waals surface area contributed by atoms with Gasteiger partial charge in [0.15, 0.2) is 5.70 Å². The van der Waals surface area contributed by atoms with Crippen LogP contribution in [0.15, 0.2) is 24.1 Å². The predicted molar refractivity (Wildman–Crippen MR) is 73.7 cm³/mol. The maximum atomic E-state index is 11.9. The van der Waals surface area contributed by atoms with Crippen LogP contribution in [-0.2, 0) is 14.3 Å². The molecule has 0 fully saturated rings. The number of carbonyl (C=O) groups excluding carboxylic acids is 2. The normalized spacial score (nSPS) is 9.55. The van der Waals surface area contributed by atoms with Crippen LogP contribution < -0.4 is 5.73 Å². The highest BCUT2D eigenvalue weighted by Gasteiger charge is 2.22. The molecule has 0 aromatic carbocycles. The molecule has 0 atom stereocenters. The second kappa shape index (κ2) is 7.21. The van der Waals surface area contributed by atoms with Crippen molar-refractivity contribution in [3.8, 4) is 0 Å². The zero-order valence-corrected chi connectivity index (χ0v) is 11.8. The maximum absolute atomic E-state index is 11.9. The number of aromatic nitrogens is 1. The molecule has 0 aliphatic carbocycles. The lowest BCUT2D eigenvalue weighted by Crippen LogP contribution is -2.18. The molecule has 1 aromatic heterocycles. The zero-order chi connectivity index (χ0) is 15.1. The van der Waals surface area contributed by atoms with E-state index in [2.05, 4.69) is 5.73 Å². The highest BCUT2D eigenvalue weighted by Crippen LogP contribution is 2.17. The fraction of sp³-hybridized carbons (Fsp3) is 0.357. The second-order valence-electron chi connectivity index (χ2n) is 3.80. The molecule has 0 bridgehead atoms. The van der Waals surface area contributed by atoms with Gasteiger partial charge >= 0.3 is 11.9 Å². The summed E-state index contributed by atoms with van der Waals surface area (Å²) in [5.41, 5.74) is 8.85. The molecule has 0 amide bonds. The van der Waals surface area contributed by atoms with Crippen LogP contribution in [0, 0.1) is 6.92 Å². The molecule has 20 heavy (non-hydrogen) atoms. The van der Waals surface area contributed by atoms with Crippen LogP contribution in [0.2, 0.25) is 0 Å². The minimum Gasteiger partial charge on any atom is -0.461 e. The average molecular weight is 278 g/mol. The van der Waals surface area contributed by atoms with E-state index in [1.165, 1.54) is 4.57 Å². The van der Waals surface area contributed by atoms with Gasteiger partial charge in [0.05, 0.1) is 13.2 Å². The number of nitrogens with zero attached hydrogens (tertiary/aromatic N) is 1. The Morgan fingerprint density at radius 2 is 1.95 bits per heavy atom. The Hall–Kier alpha value is -2.46. The lowest BCUT2D eigenvalue weighted by molar-refractivity contribution is -0.136. The van der Waals surface area contributed by atoms with Crippen LogP contribution in [0.1, 0.15) is 30.0 Å². The summed E-state index contributed by atoms with van der Waals surface area (Å²) in [6.45, 7) is 5.61. The average Bonchev–Trinajstić information content (AvgIpc) is 2.78. The Balaban J connectivity index is 3.35. The second-order valence-corrected chi connectivity index (χ2v) is 3.80. The lowest BCUT2D eigenvalue weighted by atomic mass is 10.3. The fourth-order valence-corrected chi connectivity index (χ4v) is 1.69. The minimum absolute atomic E-state index is 0.0416. The number of ether oxygens (including phenoxy) is 2. The number of nitrogens with two attached hydrogens (primary N) is 1. The zero-order valence-electron chi connectivity index (χ0n) is 11.8. The molecule has 0 saturated heterocycles. The largest absolute Gasteiger partial charge is 0.461 e. The monoisotopic (exact) mass is 278 g/mol. The highest BCUT2D eigenvalue weighted by atomic mass is 16.5. The van der Waals surface area contributed by atoms with Crippen LogP contribution in [0.4, 0.5) is 0 Å². The molecular formula is C14H18N2O4. The molecule has 1 heterocycles. The number of hydrogen-bond donors (Lipinski definition) is 1. The van der Waals surface area contributed by atoms with E-state index in [1.54, 1.807) is 32.9 Å². The third-order valence-electron chi connectivity index (χ3n) is 2.47. The summed E-state index contributed by atoms with van der Waals surface area (Å²) in [7, 11) is 0. The summed E-state index contributed by atoms with van der Waals surface area (Å²) in [6.07, 6.45) is 1.10. The van der Waals surface area contributed by atoms with E-state index in [0.29, 0.717) is 5.69 Å². The van der Waals surface area contributed by atoms with Crippen molar-refractivity contribution < 1.29 is 19.1 Å². The molecule has 0 aliphatic rings. The first-order chi connectivity index (χ1) is 9.56. The van der Waals surface area contributed by atoms with Crippen LogP contribution in [-0.4, -0.2) is 29.7 Å². The predicted octanol–water partition coefficient (Wildman–Crippen LogP) is 1.45. The first-order valence-corrected chi connectivity index (χ1v) is 6.26. The SMILES string of the molecule is CCOC(=O)C(=C=CN)n1c(C)ccc1C(=O)OCC. The van der Waals surface area contributed by atoms with Gasteiger partial charge in [0, 0.05) is 11.9 Å². The number of rotatable bonds is 5. The molecule has 6 heteroatoms. The molecule has 0 radical (unpaired) electrons.